The molecular formula is C19H32N2O3SSi. The highest BCUT2D eigenvalue weighted by molar-refractivity contribution is 7.99. The third kappa shape index (κ3) is 5.09. The van der Waals surface area contributed by atoms with E-state index in [0.717, 1.165) is 17.2 Å². The lowest BCUT2D eigenvalue weighted by Crippen LogP contribution is -2.48. The number of carbonyl (C=O) groups excluding carboxylic acids is 1. The first-order valence-corrected chi connectivity index (χ1v) is 13.3. The van der Waals surface area contributed by atoms with E-state index in [0.29, 0.717) is 25.1 Å². The molecule has 1 fully saturated rings. The van der Waals surface area contributed by atoms with Crippen molar-refractivity contribution in [3.63, 3.8) is 0 Å². The maximum absolute atomic E-state index is 13.0. The second-order valence-electron chi connectivity index (χ2n) is 8.27. The summed E-state index contributed by atoms with van der Waals surface area (Å²) in [6.07, 6.45) is 2.36. The van der Waals surface area contributed by atoms with Gasteiger partial charge in [0, 0.05) is 37.3 Å². The van der Waals surface area contributed by atoms with Crippen LogP contribution in [0.3, 0.4) is 0 Å². The smallest absolute Gasteiger partial charge is 0.256 e. The first-order valence-electron chi connectivity index (χ1n) is 9.25. The molecule has 0 radical (unpaired) electrons. The van der Waals surface area contributed by atoms with Crippen molar-refractivity contribution in [2.45, 2.75) is 51.4 Å². The molecule has 1 N–H and O–H groups in total. The van der Waals surface area contributed by atoms with Crippen molar-refractivity contribution in [2.24, 2.45) is 0 Å². The highest BCUT2D eigenvalue weighted by Gasteiger charge is 2.37. The van der Waals surface area contributed by atoms with E-state index in [1.54, 1.807) is 28.9 Å². The van der Waals surface area contributed by atoms with Crippen LogP contribution >= 0.6 is 11.8 Å². The van der Waals surface area contributed by atoms with E-state index in [-0.39, 0.29) is 23.6 Å². The standard InChI is InChI=1S/C19H32N2O3SSi/c1-19(2,3)26(4,5)24-11-8-17-16(7-6-9-20-17)18(23)21-10-12-25-14-15(21)13-22/h6-7,9,15,22H,8,10-14H2,1-5H3. The molecule has 1 unspecified atom stereocenters. The molecule has 2 rings (SSSR count). The maximum Gasteiger partial charge on any atom is 0.256 e. The first-order chi connectivity index (χ1) is 12.2. The molecule has 1 aliphatic rings. The number of nitrogens with zero attached hydrogens (tertiary/aromatic N) is 2. The SMILES string of the molecule is CC(C)(C)[Si](C)(C)OCCc1ncccc1C(=O)N1CCSCC1CO. The van der Waals surface area contributed by atoms with Gasteiger partial charge in [-0.25, -0.2) is 0 Å². The van der Waals surface area contributed by atoms with Crippen LogP contribution in [-0.2, 0) is 10.8 Å². The summed E-state index contributed by atoms with van der Waals surface area (Å²) in [4.78, 5) is 19.3. The van der Waals surface area contributed by atoms with E-state index >= 15 is 0 Å². The second kappa shape index (κ2) is 8.86. The van der Waals surface area contributed by atoms with Gasteiger partial charge in [-0.3, -0.25) is 9.78 Å². The monoisotopic (exact) mass is 396 g/mol. The van der Waals surface area contributed by atoms with Crippen molar-refractivity contribution in [2.75, 3.05) is 31.3 Å². The Bertz CT molecular complexity index is 619. The van der Waals surface area contributed by atoms with Gasteiger partial charge in [0.1, 0.15) is 0 Å². The topological polar surface area (TPSA) is 62.7 Å². The highest BCUT2D eigenvalue weighted by atomic mass is 32.2. The minimum absolute atomic E-state index is 0.00280. The molecule has 1 aromatic heterocycles. The Morgan fingerprint density at radius 3 is 2.85 bits per heavy atom. The van der Waals surface area contributed by atoms with Crippen LogP contribution in [0.25, 0.3) is 0 Å². The molecule has 1 aromatic rings. The lowest BCUT2D eigenvalue weighted by Gasteiger charge is -2.36. The fraction of sp³-hybridized carbons (Fsp3) is 0.684. The Labute approximate surface area is 162 Å². The molecule has 5 nitrogen and oxygen atoms in total. The summed E-state index contributed by atoms with van der Waals surface area (Å²) in [7, 11) is -1.81. The molecule has 0 aliphatic carbocycles. The minimum Gasteiger partial charge on any atom is -0.416 e. The zero-order valence-corrected chi connectivity index (χ0v) is 18.4. The van der Waals surface area contributed by atoms with Crippen LogP contribution in [0.1, 0.15) is 36.8 Å². The van der Waals surface area contributed by atoms with E-state index in [9.17, 15) is 9.90 Å². The van der Waals surface area contributed by atoms with Crippen LogP contribution in [0.2, 0.25) is 18.1 Å². The van der Waals surface area contributed by atoms with E-state index in [1.165, 1.54) is 0 Å². The van der Waals surface area contributed by atoms with Gasteiger partial charge in [-0.2, -0.15) is 11.8 Å². The zero-order chi connectivity index (χ0) is 19.4. The maximum atomic E-state index is 13.0. The number of pyridine rings is 1. The average molecular weight is 397 g/mol. The van der Waals surface area contributed by atoms with Crippen LogP contribution in [-0.4, -0.2) is 66.5 Å². The number of rotatable bonds is 6. The Morgan fingerprint density at radius 2 is 2.19 bits per heavy atom. The van der Waals surface area contributed by atoms with E-state index in [4.69, 9.17) is 4.43 Å². The Hall–Kier alpha value is -0.893. The number of aliphatic hydroxyl groups is 1. The van der Waals surface area contributed by atoms with Crippen LogP contribution in [0.5, 0.6) is 0 Å². The van der Waals surface area contributed by atoms with Crippen molar-refractivity contribution >= 4 is 26.0 Å². The molecule has 0 saturated carbocycles. The van der Waals surface area contributed by atoms with Gasteiger partial charge in [-0.15, -0.1) is 0 Å². The zero-order valence-electron chi connectivity index (χ0n) is 16.6. The number of hydrogen-bond acceptors (Lipinski definition) is 5. The number of carbonyl (C=O) groups is 1. The van der Waals surface area contributed by atoms with Crippen molar-refractivity contribution in [3.8, 4) is 0 Å². The summed E-state index contributed by atoms with van der Waals surface area (Å²) in [5.41, 5.74) is 1.42. The number of thioether (sulfide) groups is 1. The molecule has 146 valence electrons. The number of hydrogen-bond donors (Lipinski definition) is 1. The normalized spacial score (nSPS) is 18.8. The second-order valence-corrected chi connectivity index (χ2v) is 14.2. The fourth-order valence-electron chi connectivity index (χ4n) is 2.68. The van der Waals surface area contributed by atoms with Gasteiger partial charge in [0.2, 0.25) is 0 Å². The average Bonchev–Trinajstić information content (AvgIpc) is 2.60. The summed E-state index contributed by atoms with van der Waals surface area (Å²) in [5.74, 6) is 1.67. The molecule has 0 aromatic carbocycles. The molecule has 0 bridgehead atoms. The molecule has 0 spiro atoms. The molecule has 1 atom stereocenters. The molecule has 7 heteroatoms. The van der Waals surface area contributed by atoms with Gasteiger partial charge in [0.15, 0.2) is 8.32 Å². The third-order valence-corrected chi connectivity index (χ3v) is 11.1. The van der Waals surface area contributed by atoms with Gasteiger partial charge >= 0.3 is 0 Å². The molecular weight excluding hydrogens is 364 g/mol. The van der Waals surface area contributed by atoms with Crippen molar-refractivity contribution in [3.05, 3.63) is 29.6 Å². The lowest BCUT2D eigenvalue weighted by atomic mass is 10.1. The summed E-state index contributed by atoms with van der Waals surface area (Å²) in [6, 6.07) is 3.53. The summed E-state index contributed by atoms with van der Waals surface area (Å²) >= 11 is 1.78. The van der Waals surface area contributed by atoms with Crippen LogP contribution < -0.4 is 0 Å². The summed E-state index contributed by atoms with van der Waals surface area (Å²) in [5, 5.41) is 9.76. The minimum atomic E-state index is -1.81. The van der Waals surface area contributed by atoms with Crippen LogP contribution in [0, 0.1) is 0 Å². The van der Waals surface area contributed by atoms with E-state index < -0.39 is 8.32 Å². The van der Waals surface area contributed by atoms with E-state index in [1.807, 2.05) is 6.07 Å². The number of aromatic nitrogens is 1. The number of amides is 1. The Balaban J connectivity index is 2.09. The Morgan fingerprint density at radius 1 is 1.46 bits per heavy atom. The van der Waals surface area contributed by atoms with Crippen LogP contribution in [0.15, 0.2) is 18.3 Å². The largest absolute Gasteiger partial charge is 0.416 e. The molecule has 1 aliphatic heterocycles. The molecule has 1 amide bonds. The molecule has 26 heavy (non-hydrogen) atoms. The van der Waals surface area contributed by atoms with Crippen molar-refractivity contribution < 1.29 is 14.3 Å². The first kappa shape index (κ1) is 21.4. The van der Waals surface area contributed by atoms with Gasteiger partial charge < -0.3 is 14.4 Å². The molecule has 1 saturated heterocycles. The van der Waals surface area contributed by atoms with Gasteiger partial charge in [-0.1, -0.05) is 20.8 Å². The summed E-state index contributed by atoms with van der Waals surface area (Å²) in [6.45, 7) is 12.4. The van der Waals surface area contributed by atoms with Gasteiger partial charge in [-0.05, 0) is 30.3 Å². The summed E-state index contributed by atoms with van der Waals surface area (Å²) < 4.78 is 6.25. The van der Waals surface area contributed by atoms with Gasteiger partial charge in [0.05, 0.1) is 23.9 Å². The van der Waals surface area contributed by atoms with Crippen molar-refractivity contribution in [1.29, 1.82) is 0 Å². The fourth-order valence-corrected chi connectivity index (χ4v) is 4.77. The van der Waals surface area contributed by atoms with Crippen LogP contribution in [0.4, 0.5) is 0 Å². The predicted octanol–water partition coefficient (Wildman–Crippen LogP) is 3.20. The lowest BCUT2D eigenvalue weighted by molar-refractivity contribution is 0.0630. The Kier molecular flexibility index (Phi) is 7.30. The highest BCUT2D eigenvalue weighted by Crippen LogP contribution is 2.36. The predicted molar refractivity (Wildman–Crippen MR) is 110 cm³/mol. The molecule has 2 heterocycles. The van der Waals surface area contributed by atoms with Gasteiger partial charge in [0.25, 0.3) is 5.91 Å². The van der Waals surface area contributed by atoms with Crippen molar-refractivity contribution in [1.82, 2.24) is 9.88 Å². The third-order valence-electron chi connectivity index (χ3n) is 5.43. The van der Waals surface area contributed by atoms with E-state index in [2.05, 4.69) is 38.8 Å². The number of aliphatic hydroxyl groups excluding tert-OH is 1. The quantitative estimate of drug-likeness (QED) is 0.748.